The maximum absolute atomic E-state index is 5.31. The van der Waals surface area contributed by atoms with Crippen LogP contribution in [-0.2, 0) is 13.1 Å². The number of hydrogen-bond donors (Lipinski definition) is 1. The van der Waals surface area contributed by atoms with Gasteiger partial charge in [0.2, 0.25) is 0 Å². The van der Waals surface area contributed by atoms with Crippen molar-refractivity contribution in [3.8, 4) is 0 Å². The van der Waals surface area contributed by atoms with Gasteiger partial charge in [0.15, 0.2) is 0 Å². The fourth-order valence-corrected chi connectivity index (χ4v) is 1.74. The van der Waals surface area contributed by atoms with Crippen molar-refractivity contribution in [3.63, 3.8) is 0 Å². The molecule has 0 amide bonds. The molecule has 0 fully saturated rings. The predicted octanol–water partition coefficient (Wildman–Crippen LogP) is 1.90. The van der Waals surface area contributed by atoms with Crippen LogP contribution in [-0.4, -0.2) is 30.0 Å². The molecule has 0 aliphatic heterocycles. The molecule has 2 rings (SSSR count). The minimum atomic E-state index is 0.815. The van der Waals surface area contributed by atoms with Crippen LogP contribution in [0.25, 0.3) is 0 Å². The van der Waals surface area contributed by atoms with Gasteiger partial charge in [-0.1, -0.05) is 6.07 Å². The molecule has 2 heterocycles. The number of likely N-dealkylation sites (N-methyl/N-ethyl adjacent to an activating group) is 1. The molecule has 0 atom stereocenters. The molecular weight excluding hydrogens is 226 g/mol. The van der Waals surface area contributed by atoms with E-state index in [1.54, 1.807) is 6.26 Å². The van der Waals surface area contributed by atoms with E-state index in [-0.39, 0.29) is 0 Å². The van der Waals surface area contributed by atoms with Crippen LogP contribution in [0.15, 0.2) is 47.2 Å². The third-order valence-corrected chi connectivity index (χ3v) is 2.71. The van der Waals surface area contributed by atoms with Gasteiger partial charge in [0.25, 0.3) is 0 Å². The average molecular weight is 245 g/mol. The zero-order valence-corrected chi connectivity index (χ0v) is 10.7. The van der Waals surface area contributed by atoms with Crippen molar-refractivity contribution in [1.29, 1.82) is 0 Å². The molecule has 1 N–H and O–H groups in total. The lowest BCUT2D eigenvalue weighted by Gasteiger charge is -2.15. The Labute approximate surface area is 108 Å². The molecule has 0 bridgehead atoms. The van der Waals surface area contributed by atoms with Gasteiger partial charge in [0, 0.05) is 25.8 Å². The van der Waals surface area contributed by atoms with Crippen LogP contribution in [0.1, 0.15) is 11.5 Å². The molecule has 4 heteroatoms. The summed E-state index contributed by atoms with van der Waals surface area (Å²) in [7, 11) is 2.09. The standard InChI is InChI=1S/C14H19N3O/c1-17(12-14-6-4-10-18-14)9-8-15-11-13-5-2-3-7-16-13/h2-7,10,15H,8-9,11-12H2,1H3. The first-order valence-corrected chi connectivity index (χ1v) is 6.16. The summed E-state index contributed by atoms with van der Waals surface area (Å²) < 4.78 is 5.31. The molecule has 0 unspecified atom stereocenters. The van der Waals surface area contributed by atoms with Gasteiger partial charge in [0.05, 0.1) is 18.5 Å². The lowest BCUT2D eigenvalue weighted by atomic mass is 10.3. The van der Waals surface area contributed by atoms with Crippen LogP contribution < -0.4 is 5.32 Å². The Bertz CT molecular complexity index is 428. The summed E-state index contributed by atoms with van der Waals surface area (Å²) in [5.74, 6) is 1.00. The van der Waals surface area contributed by atoms with Gasteiger partial charge in [-0.3, -0.25) is 9.88 Å². The Morgan fingerprint density at radius 2 is 2.22 bits per heavy atom. The molecule has 0 saturated heterocycles. The van der Waals surface area contributed by atoms with Gasteiger partial charge in [-0.2, -0.15) is 0 Å². The minimum absolute atomic E-state index is 0.815. The summed E-state index contributed by atoms with van der Waals surface area (Å²) in [5, 5.41) is 3.38. The quantitative estimate of drug-likeness (QED) is 0.756. The molecule has 0 aromatic carbocycles. The second-order valence-corrected chi connectivity index (χ2v) is 4.31. The van der Waals surface area contributed by atoms with Crippen molar-refractivity contribution < 1.29 is 4.42 Å². The number of pyridine rings is 1. The number of nitrogens with one attached hydrogen (secondary N) is 1. The second kappa shape index (κ2) is 6.93. The normalized spacial score (nSPS) is 11.0. The van der Waals surface area contributed by atoms with Crippen molar-refractivity contribution in [3.05, 3.63) is 54.2 Å². The number of rotatable bonds is 7. The van der Waals surface area contributed by atoms with Gasteiger partial charge in [-0.15, -0.1) is 0 Å². The Morgan fingerprint density at radius 1 is 1.28 bits per heavy atom. The molecule has 18 heavy (non-hydrogen) atoms. The van der Waals surface area contributed by atoms with Crippen molar-refractivity contribution in [2.24, 2.45) is 0 Å². The average Bonchev–Trinajstić information content (AvgIpc) is 2.89. The van der Waals surface area contributed by atoms with E-state index in [2.05, 4.69) is 22.2 Å². The highest BCUT2D eigenvalue weighted by atomic mass is 16.3. The monoisotopic (exact) mass is 245 g/mol. The van der Waals surface area contributed by atoms with E-state index in [1.807, 2.05) is 36.5 Å². The molecule has 0 spiro atoms. The van der Waals surface area contributed by atoms with Crippen molar-refractivity contribution in [2.75, 3.05) is 20.1 Å². The van der Waals surface area contributed by atoms with Crippen LogP contribution in [0, 0.1) is 0 Å². The smallest absolute Gasteiger partial charge is 0.117 e. The number of nitrogens with zero attached hydrogens (tertiary/aromatic N) is 2. The maximum atomic E-state index is 5.31. The van der Waals surface area contributed by atoms with E-state index >= 15 is 0 Å². The number of hydrogen-bond acceptors (Lipinski definition) is 4. The Hall–Kier alpha value is -1.65. The molecular formula is C14H19N3O. The summed E-state index contributed by atoms with van der Waals surface area (Å²) in [5.41, 5.74) is 1.08. The highest BCUT2D eigenvalue weighted by molar-refractivity contribution is 5.02. The fraction of sp³-hybridized carbons (Fsp3) is 0.357. The molecule has 2 aromatic heterocycles. The molecule has 0 aliphatic carbocycles. The molecule has 96 valence electrons. The Morgan fingerprint density at radius 3 is 2.94 bits per heavy atom. The molecule has 2 aromatic rings. The largest absolute Gasteiger partial charge is 0.468 e. The van der Waals surface area contributed by atoms with E-state index < -0.39 is 0 Å². The Kier molecular flexibility index (Phi) is 4.93. The lowest BCUT2D eigenvalue weighted by molar-refractivity contribution is 0.293. The summed E-state index contributed by atoms with van der Waals surface area (Å²) in [6, 6.07) is 9.88. The third-order valence-electron chi connectivity index (χ3n) is 2.71. The summed E-state index contributed by atoms with van der Waals surface area (Å²) in [4.78, 5) is 6.49. The van der Waals surface area contributed by atoms with E-state index in [0.29, 0.717) is 0 Å². The van der Waals surface area contributed by atoms with E-state index in [1.165, 1.54) is 0 Å². The van der Waals surface area contributed by atoms with Crippen LogP contribution in [0.5, 0.6) is 0 Å². The van der Waals surface area contributed by atoms with Crippen LogP contribution in [0.2, 0.25) is 0 Å². The molecule has 0 aliphatic rings. The summed E-state index contributed by atoms with van der Waals surface area (Å²) in [6.07, 6.45) is 3.53. The Balaban J connectivity index is 1.60. The van der Waals surface area contributed by atoms with Gasteiger partial charge >= 0.3 is 0 Å². The van der Waals surface area contributed by atoms with Crippen LogP contribution >= 0.6 is 0 Å². The second-order valence-electron chi connectivity index (χ2n) is 4.31. The van der Waals surface area contributed by atoms with E-state index in [4.69, 9.17) is 4.42 Å². The SMILES string of the molecule is CN(CCNCc1ccccn1)Cc1ccco1. The number of aromatic nitrogens is 1. The highest BCUT2D eigenvalue weighted by Crippen LogP contribution is 2.02. The highest BCUT2D eigenvalue weighted by Gasteiger charge is 2.01. The van der Waals surface area contributed by atoms with Gasteiger partial charge in [0.1, 0.15) is 5.76 Å². The molecule has 4 nitrogen and oxygen atoms in total. The van der Waals surface area contributed by atoms with Gasteiger partial charge in [-0.25, -0.2) is 0 Å². The maximum Gasteiger partial charge on any atom is 0.117 e. The first-order chi connectivity index (χ1) is 8.84. The van der Waals surface area contributed by atoms with Crippen LogP contribution in [0.3, 0.4) is 0 Å². The summed E-state index contributed by atoms with van der Waals surface area (Å²) in [6.45, 7) is 3.58. The topological polar surface area (TPSA) is 41.3 Å². The van der Waals surface area contributed by atoms with Gasteiger partial charge in [-0.05, 0) is 31.3 Å². The molecule has 0 saturated carbocycles. The summed E-state index contributed by atoms with van der Waals surface area (Å²) >= 11 is 0. The number of furan rings is 1. The van der Waals surface area contributed by atoms with E-state index in [0.717, 1.165) is 37.6 Å². The molecule has 0 radical (unpaired) electrons. The van der Waals surface area contributed by atoms with E-state index in [9.17, 15) is 0 Å². The predicted molar refractivity (Wildman–Crippen MR) is 71.0 cm³/mol. The minimum Gasteiger partial charge on any atom is -0.468 e. The van der Waals surface area contributed by atoms with Gasteiger partial charge < -0.3 is 9.73 Å². The van der Waals surface area contributed by atoms with Crippen molar-refractivity contribution in [1.82, 2.24) is 15.2 Å². The zero-order valence-electron chi connectivity index (χ0n) is 10.7. The first-order valence-electron chi connectivity index (χ1n) is 6.16. The fourth-order valence-electron chi connectivity index (χ4n) is 1.74. The van der Waals surface area contributed by atoms with Crippen LogP contribution in [0.4, 0.5) is 0 Å². The third kappa shape index (κ3) is 4.31. The van der Waals surface area contributed by atoms with Crippen molar-refractivity contribution >= 4 is 0 Å². The van der Waals surface area contributed by atoms with Crippen molar-refractivity contribution in [2.45, 2.75) is 13.1 Å². The lowest BCUT2D eigenvalue weighted by Crippen LogP contribution is -2.28. The first kappa shape index (κ1) is 12.8. The zero-order chi connectivity index (χ0) is 12.6.